The number of rotatable bonds is 7. The van der Waals surface area contributed by atoms with Crippen LogP contribution >= 0.6 is 23.2 Å². The molecule has 1 N–H and O–H groups in total. The monoisotopic (exact) mass is 527 g/mol. The van der Waals surface area contributed by atoms with Crippen LogP contribution in [0.15, 0.2) is 51.0 Å². The fourth-order valence-corrected chi connectivity index (χ4v) is 6.35. The molecule has 0 aliphatic heterocycles. The molecule has 3 aliphatic carbocycles. The summed E-state index contributed by atoms with van der Waals surface area (Å²) in [7, 11) is 0. The quantitative estimate of drug-likeness (QED) is 0.374. The lowest BCUT2D eigenvalue weighted by molar-refractivity contribution is -0.142. The summed E-state index contributed by atoms with van der Waals surface area (Å²) in [5, 5.41) is 15.1. The predicted octanol–water partition coefficient (Wildman–Crippen LogP) is 7.63. The molecule has 0 saturated carbocycles. The molecule has 2 aromatic rings. The van der Waals surface area contributed by atoms with Gasteiger partial charge in [-0.15, -0.1) is 0 Å². The molecule has 1 aromatic heterocycles. The number of carbonyl (C=O) groups is 1. The third-order valence-corrected chi connectivity index (χ3v) is 8.34. The fourth-order valence-electron chi connectivity index (χ4n) is 5.68. The number of carboxylic acids is 1. The summed E-state index contributed by atoms with van der Waals surface area (Å²) in [6.07, 6.45) is 11.0. The summed E-state index contributed by atoms with van der Waals surface area (Å²) in [6.45, 7) is 4.43. The van der Waals surface area contributed by atoms with Gasteiger partial charge in [0.05, 0.1) is 11.5 Å². The summed E-state index contributed by atoms with van der Waals surface area (Å²) in [5.74, 6) is 1.48. The van der Waals surface area contributed by atoms with E-state index in [1.807, 2.05) is 18.2 Å². The van der Waals surface area contributed by atoms with Crippen LogP contribution in [0.4, 0.5) is 0 Å². The van der Waals surface area contributed by atoms with E-state index in [2.05, 4.69) is 37.2 Å². The molecule has 5 nitrogen and oxygen atoms in total. The number of benzene rings is 1. The van der Waals surface area contributed by atoms with Crippen molar-refractivity contribution in [3.05, 3.63) is 74.6 Å². The molecule has 0 saturated heterocycles. The molecule has 1 heterocycles. The van der Waals surface area contributed by atoms with E-state index in [4.69, 9.17) is 32.5 Å². The smallest absolute Gasteiger partial charge is 0.306 e. The van der Waals surface area contributed by atoms with E-state index in [0.29, 0.717) is 40.6 Å². The van der Waals surface area contributed by atoms with Crippen LogP contribution < -0.4 is 4.74 Å². The highest BCUT2D eigenvalue weighted by Gasteiger charge is 2.33. The van der Waals surface area contributed by atoms with Crippen LogP contribution in [-0.2, 0) is 24.2 Å². The number of aromatic nitrogens is 1. The summed E-state index contributed by atoms with van der Waals surface area (Å²) in [4.78, 5) is 11.5. The van der Waals surface area contributed by atoms with E-state index >= 15 is 0 Å². The minimum Gasteiger partial charge on any atom is -0.489 e. The van der Waals surface area contributed by atoms with Crippen molar-refractivity contribution in [1.29, 1.82) is 0 Å². The second-order valence-corrected chi connectivity index (χ2v) is 11.2. The van der Waals surface area contributed by atoms with Crippen molar-refractivity contribution in [1.82, 2.24) is 5.16 Å². The molecule has 0 amide bonds. The van der Waals surface area contributed by atoms with Crippen LogP contribution in [-0.4, -0.2) is 16.2 Å². The average Bonchev–Trinajstić information content (AvgIpc) is 3.47. The topological polar surface area (TPSA) is 72.6 Å². The van der Waals surface area contributed by atoms with Gasteiger partial charge in [-0.05, 0) is 73.6 Å². The van der Waals surface area contributed by atoms with Gasteiger partial charge in [-0.1, -0.05) is 66.5 Å². The van der Waals surface area contributed by atoms with Gasteiger partial charge in [0.15, 0.2) is 0 Å². The third kappa shape index (κ3) is 5.01. The number of nitrogens with zero attached hydrogens (tertiary/aromatic N) is 1. The Balaban J connectivity index is 1.33. The van der Waals surface area contributed by atoms with Gasteiger partial charge in [-0.2, -0.15) is 0 Å². The Labute approximate surface area is 221 Å². The van der Waals surface area contributed by atoms with Crippen molar-refractivity contribution in [3.8, 4) is 5.75 Å². The molecule has 3 unspecified atom stereocenters. The summed E-state index contributed by atoms with van der Waals surface area (Å²) in [6, 6.07) is 6.28. The first-order chi connectivity index (χ1) is 17.3. The maximum absolute atomic E-state index is 11.5. The van der Waals surface area contributed by atoms with Crippen molar-refractivity contribution in [3.63, 3.8) is 0 Å². The third-order valence-electron chi connectivity index (χ3n) is 7.62. The lowest BCUT2D eigenvalue weighted by atomic mass is 9.78. The van der Waals surface area contributed by atoms with Crippen molar-refractivity contribution in [2.45, 2.75) is 64.9 Å². The van der Waals surface area contributed by atoms with E-state index in [-0.39, 0.29) is 11.8 Å². The van der Waals surface area contributed by atoms with E-state index in [1.165, 1.54) is 11.1 Å². The van der Waals surface area contributed by atoms with E-state index in [0.717, 1.165) is 54.8 Å². The Hall–Kier alpha value is -2.50. The van der Waals surface area contributed by atoms with E-state index in [1.54, 1.807) is 0 Å². The summed E-state index contributed by atoms with van der Waals surface area (Å²) in [5.41, 5.74) is 4.86. The average molecular weight is 528 g/mol. The van der Waals surface area contributed by atoms with Gasteiger partial charge in [0, 0.05) is 21.6 Å². The highest BCUT2D eigenvalue weighted by Crippen LogP contribution is 2.41. The zero-order chi connectivity index (χ0) is 25.4. The largest absolute Gasteiger partial charge is 0.489 e. The highest BCUT2D eigenvalue weighted by molar-refractivity contribution is 6.42. The number of aliphatic carboxylic acids is 1. The first-order valence-corrected chi connectivity index (χ1v) is 13.4. The standard InChI is InChI=1S/C29H31Cl2NO4/c1-16(2)28-23(27(32-36-28)26-24(30)7-4-8-25(26)31)15-35-22-10-9-18-12-20(13-21(18)14-22)17-5-3-6-19(11-17)29(33)34/h3,5,7,9-10,14,16-17,19-20H,4,6,8,11-13,15H2,1-2H3,(H,33,34). The van der Waals surface area contributed by atoms with Gasteiger partial charge in [-0.25, -0.2) is 0 Å². The van der Waals surface area contributed by atoms with Crippen LogP contribution in [0.2, 0.25) is 0 Å². The Bertz CT molecular complexity index is 1260. The van der Waals surface area contributed by atoms with Crippen LogP contribution in [0.5, 0.6) is 5.75 Å². The summed E-state index contributed by atoms with van der Waals surface area (Å²) < 4.78 is 12.0. The van der Waals surface area contributed by atoms with Gasteiger partial charge in [0.25, 0.3) is 0 Å². The second-order valence-electron chi connectivity index (χ2n) is 10.4. The number of fused-ring (bicyclic) bond motifs is 1. The van der Waals surface area contributed by atoms with Gasteiger partial charge in [0.2, 0.25) is 0 Å². The second kappa shape index (κ2) is 10.5. The van der Waals surface area contributed by atoms with Gasteiger partial charge < -0.3 is 14.4 Å². The fraction of sp³-hybridized carbons (Fsp3) is 0.448. The van der Waals surface area contributed by atoms with E-state index < -0.39 is 5.97 Å². The first-order valence-electron chi connectivity index (χ1n) is 12.7. The lowest BCUT2D eigenvalue weighted by Crippen LogP contribution is -2.24. The van der Waals surface area contributed by atoms with Crippen molar-refractivity contribution in [2.75, 3.05) is 0 Å². The zero-order valence-electron chi connectivity index (χ0n) is 20.6. The number of allylic oxidation sites excluding steroid dienone is 6. The molecule has 0 radical (unpaired) electrons. The normalized spacial score (nSPS) is 23.7. The Morgan fingerprint density at radius 2 is 2.06 bits per heavy atom. The molecule has 190 valence electrons. The molecular weight excluding hydrogens is 497 g/mol. The number of ether oxygens (including phenoxy) is 1. The number of hydrogen-bond acceptors (Lipinski definition) is 4. The Morgan fingerprint density at radius 1 is 1.25 bits per heavy atom. The molecule has 0 spiro atoms. The predicted molar refractivity (Wildman–Crippen MR) is 141 cm³/mol. The number of halogens is 2. The van der Waals surface area contributed by atoms with E-state index in [9.17, 15) is 9.90 Å². The van der Waals surface area contributed by atoms with Crippen LogP contribution in [0.25, 0.3) is 5.57 Å². The molecule has 1 aromatic carbocycles. The van der Waals surface area contributed by atoms with Gasteiger partial charge in [-0.3, -0.25) is 4.79 Å². The Kier molecular flexibility index (Phi) is 7.32. The number of carboxylic acid groups (broad SMARTS) is 1. The number of hydrogen-bond donors (Lipinski definition) is 1. The molecular formula is C29H31Cl2NO4. The highest BCUT2D eigenvalue weighted by atomic mass is 35.5. The zero-order valence-corrected chi connectivity index (χ0v) is 22.1. The maximum atomic E-state index is 11.5. The molecule has 3 atom stereocenters. The van der Waals surface area contributed by atoms with Gasteiger partial charge in [0.1, 0.15) is 23.8 Å². The first kappa shape index (κ1) is 25.2. The van der Waals surface area contributed by atoms with Crippen molar-refractivity contribution >= 4 is 34.7 Å². The molecule has 36 heavy (non-hydrogen) atoms. The minimum absolute atomic E-state index is 0.134. The lowest BCUT2D eigenvalue weighted by Gasteiger charge is -2.26. The van der Waals surface area contributed by atoms with Crippen molar-refractivity contribution in [2.24, 2.45) is 17.8 Å². The van der Waals surface area contributed by atoms with Gasteiger partial charge >= 0.3 is 5.97 Å². The maximum Gasteiger partial charge on any atom is 0.306 e. The minimum atomic E-state index is -0.688. The van der Waals surface area contributed by atoms with Crippen molar-refractivity contribution < 1.29 is 19.2 Å². The molecule has 5 rings (SSSR count). The molecule has 0 bridgehead atoms. The Morgan fingerprint density at radius 3 is 2.81 bits per heavy atom. The van der Waals surface area contributed by atoms with Crippen LogP contribution in [0.1, 0.15) is 73.6 Å². The molecule has 3 aliphatic rings. The summed E-state index contributed by atoms with van der Waals surface area (Å²) >= 11 is 13.1. The van der Waals surface area contributed by atoms with Crippen LogP contribution in [0, 0.1) is 17.8 Å². The molecule has 7 heteroatoms. The SMILES string of the molecule is CC(C)c1onc(C2=C(Cl)CCC=C2Cl)c1COc1ccc2c(c1)CC(C1C=CCC(C(=O)O)C1)C2. The molecule has 0 fully saturated rings. The van der Waals surface area contributed by atoms with Crippen LogP contribution in [0.3, 0.4) is 0 Å².